The predicted octanol–water partition coefficient (Wildman–Crippen LogP) is 6.45. The maximum atomic E-state index is 15.0. The molecule has 6 nitrogen and oxygen atoms in total. The fourth-order valence-corrected chi connectivity index (χ4v) is 4.19. The van der Waals surface area contributed by atoms with Gasteiger partial charge in [0.25, 0.3) is 0 Å². The molecule has 1 heterocycles. The molecule has 4 aromatic carbocycles. The Kier molecular flexibility index (Phi) is 7.08. The van der Waals surface area contributed by atoms with E-state index in [4.69, 9.17) is 4.74 Å². The van der Waals surface area contributed by atoms with Gasteiger partial charge in [-0.1, -0.05) is 72.8 Å². The summed E-state index contributed by atoms with van der Waals surface area (Å²) in [7, 11) is 0. The quantitative estimate of drug-likeness (QED) is 0.258. The number of rotatable bonds is 7. The average molecular weight is 506 g/mol. The summed E-state index contributed by atoms with van der Waals surface area (Å²) in [5.41, 5.74) is 3.86. The number of halogens is 1. The van der Waals surface area contributed by atoms with Crippen molar-refractivity contribution >= 4 is 17.6 Å². The molecule has 0 radical (unpaired) electrons. The summed E-state index contributed by atoms with van der Waals surface area (Å²) in [5.74, 6) is -0.963. The molecule has 0 aliphatic carbocycles. The Bertz CT molecular complexity index is 1580. The minimum absolute atomic E-state index is 0.145. The van der Waals surface area contributed by atoms with Crippen LogP contribution in [0.4, 0.5) is 10.1 Å². The highest BCUT2D eigenvalue weighted by atomic mass is 19.1. The summed E-state index contributed by atoms with van der Waals surface area (Å²) in [6, 6.07) is 32.0. The lowest BCUT2D eigenvalue weighted by molar-refractivity contribution is -0.132. The highest BCUT2D eigenvalue weighted by Gasteiger charge is 2.26. The van der Waals surface area contributed by atoms with Crippen LogP contribution in [0.3, 0.4) is 0 Å². The molecular weight excluding hydrogens is 481 g/mol. The highest BCUT2D eigenvalue weighted by Crippen LogP contribution is 2.41. The first kappa shape index (κ1) is 24.6. The Balaban J connectivity index is 1.57. The van der Waals surface area contributed by atoms with E-state index >= 15 is 0 Å². The number of carbonyl (C=O) groups excluding carboxylic acids is 2. The predicted molar refractivity (Wildman–Crippen MR) is 144 cm³/mol. The second kappa shape index (κ2) is 10.9. The molecular formula is C31H24FN3O3. The third-order valence-electron chi connectivity index (χ3n) is 5.88. The lowest BCUT2D eigenvalue weighted by Crippen LogP contribution is -2.14. The molecule has 1 N–H and O–H groups in total. The van der Waals surface area contributed by atoms with Crippen molar-refractivity contribution in [2.24, 2.45) is 0 Å². The number of nitrogens with one attached hydrogen (secondary N) is 1. The Morgan fingerprint density at radius 1 is 0.842 bits per heavy atom. The van der Waals surface area contributed by atoms with E-state index in [1.165, 1.54) is 17.7 Å². The molecule has 0 bridgehead atoms. The average Bonchev–Trinajstić information content (AvgIpc) is 3.28. The Morgan fingerprint density at radius 3 is 2.13 bits per heavy atom. The van der Waals surface area contributed by atoms with Crippen LogP contribution in [-0.2, 0) is 16.0 Å². The number of benzene rings is 4. The third-order valence-corrected chi connectivity index (χ3v) is 5.88. The van der Waals surface area contributed by atoms with Crippen molar-refractivity contribution < 1.29 is 18.7 Å². The van der Waals surface area contributed by atoms with Crippen LogP contribution in [0.2, 0.25) is 0 Å². The first-order chi connectivity index (χ1) is 18.5. The number of amides is 1. The standard InChI is InChI=1S/C31H24FN3O3/c1-21(36)38-31-29(23-16-18-24(19-17-23)33-28(37)20-22-10-4-2-5-11-22)30(26-14-8-9-15-27(26)32)34-35(31)25-12-6-3-7-13-25/h2-19H,20H2,1H3,(H,33,37). The van der Waals surface area contributed by atoms with Crippen molar-refractivity contribution in [2.75, 3.05) is 5.32 Å². The number of aromatic nitrogens is 2. The first-order valence-electron chi connectivity index (χ1n) is 12.1. The number of hydrogen-bond donors (Lipinski definition) is 1. The first-order valence-corrected chi connectivity index (χ1v) is 12.1. The maximum Gasteiger partial charge on any atom is 0.309 e. The van der Waals surface area contributed by atoms with E-state index in [0.717, 1.165) is 5.56 Å². The normalized spacial score (nSPS) is 10.7. The number of carbonyl (C=O) groups is 2. The van der Waals surface area contributed by atoms with Crippen molar-refractivity contribution in [3.8, 4) is 34.0 Å². The number of esters is 1. The minimum atomic E-state index is -0.534. The summed E-state index contributed by atoms with van der Waals surface area (Å²) in [4.78, 5) is 24.7. The van der Waals surface area contributed by atoms with E-state index in [0.29, 0.717) is 28.2 Å². The third kappa shape index (κ3) is 5.37. The van der Waals surface area contributed by atoms with Gasteiger partial charge in [0, 0.05) is 18.2 Å². The van der Waals surface area contributed by atoms with Crippen LogP contribution in [0.5, 0.6) is 5.88 Å². The van der Waals surface area contributed by atoms with Crippen molar-refractivity contribution in [3.05, 3.63) is 121 Å². The van der Waals surface area contributed by atoms with Gasteiger partial charge in [-0.15, -0.1) is 0 Å². The van der Waals surface area contributed by atoms with Crippen molar-refractivity contribution in [3.63, 3.8) is 0 Å². The van der Waals surface area contributed by atoms with Crippen molar-refractivity contribution in [1.29, 1.82) is 0 Å². The van der Waals surface area contributed by atoms with Crippen LogP contribution in [0.25, 0.3) is 28.1 Å². The van der Waals surface area contributed by atoms with E-state index in [-0.39, 0.29) is 23.8 Å². The SMILES string of the molecule is CC(=O)Oc1c(-c2ccc(NC(=O)Cc3ccccc3)cc2)c(-c2ccccc2F)nn1-c1ccccc1. The summed E-state index contributed by atoms with van der Waals surface area (Å²) < 4.78 is 22.1. The fourth-order valence-electron chi connectivity index (χ4n) is 4.19. The molecule has 188 valence electrons. The van der Waals surface area contributed by atoms with Crippen molar-refractivity contribution in [1.82, 2.24) is 9.78 Å². The Labute approximate surface area is 219 Å². The number of anilines is 1. The van der Waals surface area contributed by atoms with Gasteiger partial charge in [-0.05, 0) is 47.5 Å². The van der Waals surface area contributed by atoms with Gasteiger partial charge in [-0.3, -0.25) is 9.59 Å². The van der Waals surface area contributed by atoms with Gasteiger partial charge in [0.15, 0.2) is 0 Å². The molecule has 0 saturated carbocycles. The van der Waals surface area contributed by atoms with Crippen molar-refractivity contribution in [2.45, 2.75) is 13.3 Å². The van der Waals surface area contributed by atoms with Crippen LogP contribution in [0.1, 0.15) is 12.5 Å². The van der Waals surface area contributed by atoms with Gasteiger partial charge in [-0.2, -0.15) is 9.78 Å². The maximum absolute atomic E-state index is 15.0. The summed E-state index contributed by atoms with van der Waals surface area (Å²) in [6.07, 6.45) is 0.250. The largest absolute Gasteiger partial charge is 0.407 e. The van der Waals surface area contributed by atoms with Crippen LogP contribution in [0, 0.1) is 5.82 Å². The van der Waals surface area contributed by atoms with Gasteiger partial charge in [0.1, 0.15) is 11.5 Å². The lowest BCUT2D eigenvalue weighted by atomic mass is 10.0. The molecule has 1 aromatic heterocycles. The molecule has 0 atom stereocenters. The van der Waals surface area contributed by atoms with E-state index in [2.05, 4.69) is 10.4 Å². The molecule has 0 fully saturated rings. The number of hydrogen-bond acceptors (Lipinski definition) is 4. The molecule has 7 heteroatoms. The monoisotopic (exact) mass is 505 g/mol. The fraction of sp³-hybridized carbons (Fsp3) is 0.0645. The molecule has 1 amide bonds. The molecule has 5 rings (SSSR count). The molecule has 0 unspecified atom stereocenters. The van der Waals surface area contributed by atoms with Crippen LogP contribution >= 0.6 is 0 Å². The summed E-state index contributed by atoms with van der Waals surface area (Å²) in [5, 5.41) is 7.59. The second-order valence-corrected chi connectivity index (χ2v) is 8.64. The summed E-state index contributed by atoms with van der Waals surface area (Å²) >= 11 is 0. The van der Waals surface area contributed by atoms with E-state index in [1.807, 2.05) is 60.7 Å². The topological polar surface area (TPSA) is 73.2 Å². The van der Waals surface area contributed by atoms with E-state index < -0.39 is 11.8 Å². The Hall–Kier alpha value is -5.04. The van der Waals surface area contributed by atoms with Gasteiger partial charge >= 0.3 is 5.97 Å². The molecule has 0 aliphatic rings. The molecule has 5 aromatic rings. The second-order valence-electron chi connectivity index (χ2n) is 8.64. The van der Waals surface area contributed by atoms with Gasteiger partial charge in [0.05, 0.1) is 17.7 Å². The number of para-hydroxylation sites is 1. The highest BCUT2D eigenvalue weighted by molar-refractivity contribution is 5.93. The zero-order valence-corrected chi connectivity index (χ0v) is 20.6. The van der Waals surface area contributed by atoms with E-state index in [1.54, 1.807) is 42.5 Å². The number of nitrogens with zero attached hydrogens (tertiary/aromatic N) is 2. The van der Waals surface area contributed by atoms with Gasteiger partial charge in [0.2, 0.25) is 11.8 Å². The van der Waals surface area contributed by atoms with Crippen LogP contribution in [0.15, 0.2) is 109 Å². The zero-order chi connectivity index (χ0) is 26.5. The van der Waals surface area contributed by atoms with E-state index in [9.17, 15) is 14.0 Å². The molecule has 0 spiro atoms. The molecule has 38 heavy (non-hydrogen) atoms. The zero-order valence-electron chi connectivity index (χ0n) is 20.6. The minimum Gasteiger partial charge on any atom is -0.407 e. The lowest BCUT2D eigenvalue weighted by Gasteiger charge is -2.11. The smallest absolute Gasteiger partial charge is 0.309 e. The van der Waals surface area contributed by atoms with Crippen LogP contribution < -0.4 is 10.1 Å². The van der Waals surface area contributed by atoms with Gasteiger partial charge < -0.3 is 10.1 Å². The van der Waals surface area contributed by atoms with Crippen LogP contribution in [-0.4, -0.2) is 21.7 Å². The molecule has 0 saturated heterocycles. The molecule has 0 aliphatic heterocycles. The summed E-state index contributed by atoms with van der Waals surface area (Å²) in [6.45, 7) is 1.31. The van der Waals surface area contributed by atoms with Gasteiger partial charge in [-0.25, -0.2) is 4.39 Å². The number of ether oxygens (including phenoxy) is 1. The Morgan fingerprint density at radius 2 is 1.47 bits per heavy atom.